The minimum absolute atomic E-state index is 0. The van der Waals surface area contributed by atoms with Crippen molar-refractivity contribution in [3.63, 3.8) is 0 Å². The third kappa shape index (κ3) is 5.05. The third-order valence-corrected chi connectivity index (χ3v) is 6.64. The SMILES string of the molecule is CN(C)C1(c2cccc(F)c2)CCC(=CC(=O)NCCc2c[nH]c3ccccc23)CC1.Cl. The van der Waals surface area contributed by atoms with Crippen LogP contribution in [0, 0.1) is 5.82 Å². The Kier molecular flexibility index (Phi) is 7.75. The first-order valence-electron chi connectivity index (χ1n) is 10.9. The molecule has 0 spiro atoms. The average Bonchev–Trinajstić information content (AvgIpc) is 3.17. The van der Waals surface area contributed by atoms with Gasteiger partial charge in [-0.1, -0.05) is 35.9 Å². The monoisotopic (exact) mass is 455 g/mol. The summed E-state index contributed by atoms with van der Waals surface area (Å²) in [5.41, 5.74) is 4.33. The topological polar surface area (TPSA) is 48.1 Å². The lowest BCUT2D eigenvalue weighted by molar-refractivity contribution is -0.116. The summed E-state index contributed by atoms with van der Waals surface area (Å²) in [6, 6.07) is 15.1. The van der Waals surface area contributed by atoms with E-state index in [0.29, 0.717) is 6.54 Å². The normalized spacial score (nSPS) is 18.4. The lowest BCUT2D eigenvalue weighted by Crippen LogP contribution is -2.43. The molecule has 2 N–H and O–H groups in total. The number of benzene rings is 2. The van der Waals surface area contributed by atoms with E-state index in [0.717, 1.165) is 43.2 Å². The van der Waals surface area contributed by atoms with Crippen LogP contribution in [0.4, 0.5) is 4.39 Å². The Balaban J connectivity index is 0.00000289. The number of nitrogens with one attached hydrogen (secondary N) is 2. The number of aromatic amines is 1. The average molecular weight is 456 g/mol. The highest BCUT2D eigenvalue weighted by Gasteiger charge is 2.37. The number of amides is 1. The van der Waals surface area contributed by atoms with Crippen LogP contribution in [0.15, 0.2) is 66.4 Å². The number of carbonyl (C=O) groups excluding carboxylic acids is 1. The minimum Gasteiger partial charge on any atom is -0.361 e. The molecule has 1 aromatic heterocycles. The maximum absolute atomic E-state index is 13.8. The van der Waals surface area contributed by atoms with E-state index in [9.17, 15) is 9.18 Å². The fraction of sp³-hybridized carbons (Fsp3) is 0.346. The maximum atomic E-state index is 13.8. The molecule has 6 heteroatoms. The van der Waals surface area contributed by atoms with Crippen molar-refractivity contribution in [3.05, 3.63) is 83.3 Å². The van der Waals surface area contributed by atoms with Crippen LogP contribution in [-0.4, -0.2) is 36.4 Å². The number of nitrogens with zero attached hydrogens (tertiary/aromatic N) is 1. The summed E-state index contributed by atoms with van der Waals surface area (Å²) in [7, 11) is 4.11. The number of hydrogen-bond acceptors (Lipinski definition) is 2. The van der Waals surface area contributed by atoms with Crippen LogP contribution in [0.3, 0.4) is 0 Å². The van der Waals surface area contributed by atoms with Crippen molar-refractivity contribution >= 4 is 29.2 Å². The van der Waals surface area contributed by atoms with E-state index in [1.54, 1.807) is 18.2 Å². The van der Waals surface area contributed by atoms with Crippen LogP contribution in [0.2, 0.25) is 0 Å². The van der Waals surface area contributed by atoms with Crippen LogP contribution < -0.4 is 5.32 Å². The highest BCUT2D eigenvalue weighted by Crippen LogP contribution is 2.42. The highest BCUT2D eigenvalue weighted by atomic mass is 35.5. The number of carbonyl (C=O) groups is 1. The van der Waals surface area contributed by atoms with Crippen LogP contribution >= 0.6 is 12.4 Å². The Morgan fingerprint density at radius 1 is 1.16 bits per heavy atom. The molecule has 0 aliphatic heterocycles. The molecule has 32 heavy (non-hydrogen) atoms. The summed E-state index contributed by atoms with van der Waals surface area (Å²) in [5.74, 6) is -0.229. The number of fused-ring (bicyclic) bond motifs is 1. The van der Waals surface area contributed by atoms with Gasteiger partial charge in [-0.25, -0.2) is 4.39 Å². The summed E-state index contributed by atoms with van der Waals surface area (Å²) in [6.07, 6.45) is 8.00. The molecule has 170 valence electrons. The van der Waals surface area contributed by atoms with Crippen molar-refractivity contribution in [3.8, 4) is 0 Å². The van der Waals surface area contributed by atoms with E-state index in [1.165, 1.54) is 22.6 Å². The zero-order chi connectivity index (χ0) is 21.8. The second-order valence-electron chi connectivity index (χ2n) is 8.64. The second kappa shape index (κ2) is 10.3. The summed E-state index contributed by atoms with van der Waals surface area (Å²) in [4.78, 5) is 17.9. The molecule has 1 fully saturated rings. The maximum Gasteiger partial charge on any atom is 0.243 e. The van der Waals surface area contributed by atoms with Crippen molar-refractivity contribution < 1.29 is 9.18 Å². The molecule has 1 heterocycles. The number of rotatable bonds is 6. The van der Waals surface area contributed by atoms with Crippen molar-refractivity contribution in [2.45, 2.75) is 37.6 Å². The van der Waals surface area contributed by atoms with E-state index in [1.807, 2.05) is 24.4 Å². The molecule has 1 amide bonds. The van der Waals surface area contributed by atoms with E-state index in [2.05, 4.69) is 41.4 Å². The summed E-state index contributed by atoms with van der Waals surface area (Å²) >= 11 is 0. The number of para-hydroxylation sites is 1. The Bertz CT molecular complexity index is 1100. The fourth-order valence-electron chi connectivity index (χ4n) is 4.80. The number of halogens is 2. The van der Waals surface area contributed by atoms with Crippen LogP contribution in [0.1, 0.15) is 36.8 Å². The van der Waals surface area contributed by atoms with E-state index in [4.69, 9.17) is 0 Å². The van der Waals surface area contributed by atoms with Gasteiger partial charge in [0.25, 0.3) is 0 Å². The third-order valence-electron chi connectivity index (χ3n) is 6.64. The van der Waals surface area contributed by atoms with Gasteiger partial charge in [0, 0.05) is 35.3 Å². The van der Waals surface area contributed by atoms with Gasteiger partial charge in [-0.2, -0.15) is 0 Å². The molecule has 1 aliphatic rings. The van der Waals surface area contributed by atoms with E-state index < -0.39 is 0 Å². The molecular weight excluding hydrogens is 425 g/mol. The molecule has 0 saturated heterocycles. The number of hydrogen-bond donors (Lipinski definition) is 2. The molecule has 0 atom stereocenters. The first kappa shape index (κ1) is 24.0. The minimum atomic E-state index is -0.199. The number of aromatic nitrogens is 1. The lowest BCUT2D eigenvalue weighted by atomic mass is 9.74. The van der Waals surface area contributed by atoms with Crippen molar-refractivity contribution in [1.29, 1.82) is 0 Å². The second-order valence-corrected chi connectivity index (χ2v) is 8.64. The Morgan fingerprint density at radius 2 is 1.91 bits per heavy atom. The Morgan fingerprint density at radius 3 is 2.62 bits per heavy atom. The molecule has 0 unspecified atom stereocenters. The number of allylic oxidation sites excluding steroid dienone is 1. The van der Waals surface area contributed by atoms with Gasteiger partial charge in [0.2, 0.25) is 5.91 Å². The lowest BCUT2D eigenvalue weighted by Gasteiger charge is -2.44. The van der Waals surface area contributed by atoms with Crippen molar-refractivity contribution in [1.82, 2.24) is 15.2 Å². The quantitative estimate of drug-likeness (QED) is 0.492. The van der Waals surface area contributed by atoms with Gasteiger partial charge in [0.1, 0.15) is 5.82 Å². The summed E-state index contributed by atoms with van der Waals surface area (Å²) in [6.45, 7) is 0.607. The predicted molar refractivity (Wildman–Crippen MR) is 131 cm³/mol. The van der Waals surface area contributed by atoms with Crippen LogP contribution in [0.5, 0.6) is 0 Å². The molecule has 3 aromatic rings. The molecule has 0 bridgehead atoms. The highest BCUT2D eigenvalue weighted by molar-refractivity contribution is 5.88. The standard InChI is InChI=1S/C26H30FN3O.ClH/c1-30(2)26(21-6-5-7-22(27)17-21)13-10-19(11-14-26)16-25(31)28-15-12-20-18-29-24-9-4-3-8-23(20)24;/h3-9,16-18,29H,10-15H2,1-2H3,(H,28,31);1H. The molecule has 4 nitrogen and oxygen atoms in total. The van der Waals surface area contributed by atoms with Crippen molar-refractivity contribution in [2.24, 2.45) is 0 Å². The zero-order valence-electron chi connectivity index (χ0n) is 18.7. The summed E-state index contributed by atoms with van der Waals surface area (Å²) < 4.78 is 13.8. The van der Waals surface area contributed by atoms with Gasteiger partial charge in [-0.15, -0.1) is 12.4 Å². The zero-order valence-corrected chi connectivity index (χ0v) is 19.5. The fourth-order valence-corrected chi connectivity index (χ4v) is 4.80. The van der Waals surface area contributed by atoms with Crippen LogP contribution in [0.25, 0.3) is 10.9 Å². The first-order chi connectivity index (χ1) is 15.0. The van der Waals surface area contributed by atoms with Gasteiger partial charge in [-0.3, -0.25) is 9.69 Å². The van der Waals surface area contributed by atoms with E-state index >= 15 is 0 Å². The molecule has 0 radical (unpaired) electrons. The number of H-pyrrole nitrogens is 1. The smallest absolute Gasteiger partial charge is 0.243 e. The molecule has 2 aromatic carbocycles. The predicted octanol–water partition coefficient (Wildman–Crippen LogP) is 5.35. The molecule has 4 rings (SSSR count). The Hall–Kier alpha value is -2.63. The van der Waals surface area contributed by atoms with Crippen molar-refractivity contribution in [2.75, 3.05) is 20.6 Å². The van der Waals surface area contributed by atoms with Gasteiger partial charge in [0.15, 0.2) is 0 Å². The molecule has 1 aliphatic carbocycles. The molecular formula is C26H31ClFN3O. The van der Waals surface area contributed by atoms with Gasteiger partial charge >= 0.3 is 0 Å². The van der Waals surface area contributed by atoms with Gasteiger partial charge < -0.3 is 10.3 Å². The first-order valence-corrected chi connectivity index (χ1v) is 10.9. The molecule has 1 saturated carbocycles. The van der Waals surface area contributed by atoms with Gasteiger partial charge in [-0.05, 0) is 75.5 Å². The van der Waals surface area contributed by atoms with E-state index in [-0.39, 0.29) is 29.7 Å². The summed E-state index contributed by atoms with van der Waals surface area (Å²) in [5, 5.41) is 4.23. The van der Waals surface area contributed by atoms with Gasteiger partial charge in [0.05, 0.1) is 0 Å². The Labute approximate surface area is 195 Å². The largest absolute Gasteiger partial charge is 0.361 e. The van der Waals surface area contributed by atoms with Crippen LogP contribution in [-0.2, 0) is 16.8 Å².